The summed E-state index contributed by atoms with van der Waals surface area (Å²) in [5.41, 5.74) is 0.0437. The second kappa shape index (κ2) is 9.05. The average Bonchev–Trinajstić information content (AvgIpc) is 2.63. The number of ether oxygens (including phenoxy) is 2. The number of hydrogen-bond acceptors (Lipinski definition) is 6. The number of amides is 2. The zero-order valence-corrected chi connectivity index (χ0v) is 16.1. The van der Waals surface area contributed by atoms with Crippen LogP contribution in [0.4, 0.5) is 17.1 Å². The number of methoxy groups -OCH3 is 1. The normalized spacial score (nSPS) is 10.1. The van der Waals surface area contributed by atoms with Crippen LogP contribution in [0.1, 0.15) is 24.2 Å². The minimum Gasteiger partial charge on any atom is -0.493 e. The molecule has 10 heteroatoms. The lowest BCUT2D eigenvalue weighted by atomic mass is 10.1. The molecule has 0 bridgehead atoms. The van der Waals surface area contributed by atoms with Gasteiger partial charge in [0.05, 0.1) is 35.4 Å². The predicted octanol–water partition coefficient (Wildman–Crippen LogP) is 3.87. The van der Waals surface area contributed by atoms with Gasteiger partial charge in [0.25, 0.3) is 11.6 Å². The molecule has 0 saturated carbocycles. The third-order valence-electron chi connectivity index (χ3n) is 3.56. The monoisotopic (exact) mass is 407 g/mol. The van der Waals surface area contributed by atoms with Gasteiger partial charge in [-0.05, 0) is 25.1 Å². The van der Waals surface area contributed by atoms with Crippen molar-refractivity contribution < 1.29 is 24.0 Å². The van der Waals surface area contributed by atoms with Crippen LogP contribution in [-0.4, -0.2) is 30.5 Å². The van der Waals surface area contributed by atoms with Crippen LogP contribution in [0.2, 0.25) is 5.02 Å². The number of nitrogens with zero attached hydrogens (tertiary/aromatic N) is 1. The fraction of sp³-hybridized carbons (Fsp3) is 0.222. The Hall–Kier alpha value is -3.33. The summed E-state index contributed by atoms with van der Waals surface area (Å²) in [6, 6.07) is 6.82. The quantitative estimate of drug-likeness (QED) is 0.531. The molecule has 0 unspecified atom stereocenters. The van der Waals surface area contributed by atoms with Crippen molar-refractivity contribution in [2.24, 2.45) is 0 Å². The van der Waals surface area contributed by atoms with Gasteiger partial charge in [-0.15, -0.1) is 0 Å². The van der Waals surface area contributed by atoms with Crippen LogP contribution in [-0.2, 0) is 4.79 Å². The zero-order chi connectivity index (χ0) is 20.8. The summed E-state index contributed by atoms with van der Waals surface area (Å²) in [7, 11) is 1.37. The summed E-state index contributed by atoms with van der Waals surface area (Å²) in [5, 5.41) is 16.7. The van der Waals surface area contributed by atoms with Crippen LogP contribution in [0, 0.1) is 10.1 Å². The molecule has 0 aromatic heterocycles. The number of rotatable bonds is 7. The highest BCUT2D eigenvalue weighted by Gasteiger charge is 2.25. The Morgan fingerprint density at radius 3 is 2.43 bits per heavy atom. The van der Waals surface area contributed by atoms with Crippen molar-refractivity contribution in [1.29, 1.82) is 0 Å². The van der Waals surface area contributed by atoms with Crippen LogP contribution in [0.25, 0.3) is 0 Å². The predicted molar refractivity (Wildman–Crippen MR) is 105 cm³/mol. The van der Waals surface area contributed by atoms with Crippen LogP contribution in [0.5, 0.6) is 11.5 Å². The second-order valence-electron chi connectivity index (χ2n) is 5.54. The summed E-state index contributed by atoms with van der Waals surface area (Å²) in [4.78, 5) is 34.5. The summed E-state index contributed by atoms with van der Waals surface area (Å²) in [6.07, 6.45) is 0. The molecule has 9 nitrogen and oxygen atoms in total. The maximum Gasteiger partial charge on any atom is 0.286 e. The minimum atomic E-state index is -0.726. The van der Waals surface area contributed by atoms with Gasteiger partial charge in [-0.25, -0.2) is 0 Å². The van der Waals surface area contributed by atoms with Gasteiger partial charge in [0.2, 0.25) is 5.91 Å². The van der Waals surface area contributed by atoms with Gasteiger partial charge in [0, 0.05) is 18.7 Å². The summed E-state index contributed by atoms with van der Waals surface area (Å²) in [5.74, 6) is -0.667. The van der Waals surface area contributed by atoms with Gasteiger partial charge in [-0.3, -0.25) is 19.7 Å². The third kappa shape index (κ3) is 4.89. The van der Waals surface area contributed by atoms with E-state index in [2.05, 4.69) is 10.6 Å². The Balaban J connectivity index is 2.36. The highest BCUT2D eigenvalue weighted by molar-refractivity contribution is 6.34. The Morgan fingerprint density at radius 2 is 1.89 bits per heavy atom. The summed E-state index contributed by atoms with van der Waals surface area (Å²) < 4.78 is 10.5. The molecular weight excluding hydrogens is 390 g/mol. The lowest BCUT2D eigenvalue weighted by Gasteiger charge is -2.12. The molecule has 0 saturated heterocycles. The molecule has 2 amide bonds. The Bertz CT molecular complexity index is 932. The van der Waals surface area contributed by atoms with E-state index >= 15 is 0 Å². The maximum absolute atomic E-state index is 12.6. The molecule has 0 heterocycles. The van der Waals surface area contributed by atoms with Crippen molar-refractivity contribution >= 4 is 40.5 Å². The number of nitrogens with one attached hydrogen (secondary N) is 2. The van der Waals surface area contributed by atoms with Crippen LogP contribution < -0.4 is 20.1 Å². The SMILES string of the molecule is CCOc1cc([N+](=O)[O-])c(C(=O)Nc2ccc(NC(C)=O)c(Cl)c2)cc1OC. The number of anilines is 2. The molecule has 0 spiro atoms. The van der Waals surface area contributed by atoms with Gasteiger partial charge in [-0.2, -0.15) is 0 Å². The van der Waals surface area contributed by atoms with Gasteiger partial charge in [0.15, 0.2) is 11.5 Å². The largest absolute Gasteiger partial charge is 0.493 e. The first kappa shape index (κ1) is 21.0. The first-order chi connectivity index (χ1) is 13.3. The number of hydrogen-bond donors (Lipinski definition) is 2. The van der Waals surface area contributed by atoms with E-state index in [1.54, 1.807) is 6.92 Å². The second-order valence-corrected chi connectivity index (χ2v) is 5.95. The number of nitro benzene ring substituents is 1. The first-order valence-corrected chi connectivity index (χ1v) is 8.52. The van der Waals surface area contributed by atoms with Crippen LogP contribution >= 0.6 is 11.6 Å². The molecule has 0 aliphatic heterocycles. The lowest BCUT2D eigenvalue weighted by molar-refractivity contribution is -0.385. The number of carbonyl (C=O) groups is 2. The lowest BCUT2D eigenvalue weighted by Crippen LogP contribution is -2.15. The van der Waals surface area contributed by atoms with Crippen LogP contribution in [0.3, 0.4) is 0 Å². The molecule has 2 aromatic carbocycles. The Labute approximate surface area is 165 Å². The van der Waals surface area contributed by atoms with Crippen molar-refractivity contribution in [1.82, 2.24) is 0 Å². The molecular formula is C18H18ClN3O6. The summed E-state index contributed by atoms with van der Waals surface area (Å²) in [6.45, 7) is 3.34. The Kier molecular flexibility index (Phi) is 6.78. The molecule has 0 atom stereocenters. The maximum atomic E-state index is 12.6. The number of carbonyl (C=O) groups excluding carboxylic acids is 2. The van der Waals surface area contributed by atoms with Gasteiger partial charge < -0.3 is 20.1 Å². The molecule has 2 aromatic rings. The molecule has 148 valence electrons. The standard InChI is InChI=1S/C18H18ClN3O6/c1-4-28-17-9-15(22(25)26)12(8-16(17)27-3)18(24)21-11-5-6-14(13(19)7-11)20-10(2)23/h5-9H,4H2,1-3H3,(H,20,23)(H,21,24). The molecule has 2 N–H and O–H groups in total. The number of halogens is 1. The van der Waals surface area contributed by atoms with E-state index in [1.165, 1.54) is 38.3 Å². The van der Waals surface area contributed by atoms with Crippen molar-refractivity contribution in [3.05, 3.63) is 51.0 Å². The van der Waals surface area contributed by atoms with E-state index in [1.807, 2.05) is 0 Å². The smallest absolute Gasteiger partial charge is 0.286 e. The first-order valence-electron chi connectivity index (χ1n) is 8.14. The topological polar surface area (TPSA) is 120 Å². The van der Waals surface area contributed by atoms with E-state index in [0.717, 1.165) is 6.07 Å². The molecule has 28 heavy (non-hydrogen) atoms. The fourth-order valence-electron chi connectivity index (χ4n) is 2.39. The highest BCUT2D eigenvalue weighted by atomic mass is 35.5. The van der Waals surface area contributed by atoms with Gasteiger partial charge in [0.1, 0.15) is 5.56 Å². The Morgan fingerprint density at radius 1 is 1.18 bits per heavy atom. The number of nitro groups is 1. The zero-order valence-electron chi connectivity index (χ0n) is 15.4. The van der Waals surface area contributed by atoms with Crippen molar-refractivity contribution in [2.45, 2.75) is 13.8 Å². The molecule has 0 fully saturated rings. The van der Waals surface area contributed by atoms with Crippen molar-refractivity contribution in [2.75, 3.05) is 24.4 Å². The third-order valence-corrected chi connectivity index (χ3v) is 3.87. The highest BCUT2D eigenvalue weighted by Crippen LogP contribution is 2.35. The molecule has 0 aliphatic carbocycles. The minimum absolute atomic E-state index is 0.163. The van der Waals surface area contributed by atoms with E-state index in [4.69, 9.17) is 21.1 Å². The number of benzene rings is 2. The van der Waals surface area contributed by atoms with Crippen molar-refractivity contribution in [3.63, 3.8) is 0 Å². The van der Waals surface area contributed by atoms with E-state index < -0.39 is 16.5 Å². The fourth-order valence-corrected chi connectivity index (χ4v) is 2.62. The summed E-state index contributed by atoms with van der Waals surface area (Å²) >= 11 is 6.08. The average molecular weight is 408 g/mol. The van der Waals surface area contributed by atoms with Crippen molar-refractivity contribution in [3.8, 4) is 11.5 Å². The molecule has 0 radical (unpaired) electrons. The molecule has 2 rings (SSSR count). The van der Waals surface area contributed by atoms with E-state index in [9.17, 15) is 19.7 Å². The van der Waals surface area contributed by atoms with E-state index in [0.29, 0.717) is 11.4 Å². The van der Waals surface area contributed by atoms with E-state index in [-0.39, 0.29) is 34.6 Å². The van der Waals surface area contributed by atoms with Crippen LogP contribution in [0.15, 0.2) is 30.3 Å². The van der Waals surface area contributed by atoms with Gasteiger partial charge in [-0.1, -0.05) is 11.6 Å². The molecule has 0 aliphatic rings. The van der Waals surface area contributed by atoms with Gasteiger partial charge >= 0.3 is 0 Å².